The topological polar surface area (TPSA) is 92.4 Å². The molecule has 5 nitrogen and oxygen atoms in total. The van der Waals surface area contributed by atoms with E-state index < -0.39 is 24.0 Å². The van der Waals surface area contributed by atoms with Crippen molar-refractivity contribution in [1.29, 1.82) is 0 Å². The highest BCUT2D eigenvalue weighted by Crippen LogP contribution is 1.98. The van der Waals surface area contributed by atoms with Gasteiger partial charge >= 0.3 is 5.97 Å². The first-order valence-electron chi connectivity index (χ1n) is 4.15. The van der Waals surface area contributed by atoms with Gasteiger partial charge in [0.1, 0.15) is 6.04 Å². The lowest BCUT2D eigenvalue weighted by Crippen LogP contribution is -2.49. The van der Waals surface area contributed by atoms with E-state index in [0.29, 0.717) is 0 Å². The molecule has 0 bridgehead atoms. The van der Waals surface area contributed by atoms with Crippen molar-refractivity contribution in [3.63, 3.8) is 0 Å². The summed E-state index contributed by atoms with van der Waals surface area (Å²) in [6.45, 7) is 5.00. The highest BCUT2D eigenvalue weighted by atomic mass is 35.5. The van der Waals surface area contributed by atoms with Crippen molar-refractivity contribution in [3.05, 3.63) is 0 Å². The van der Waals surface area contributed by atoms with Gasteiger partial charge < -0.3 is 16.2 Å². The SMILES string of the molecule is CC(NC(=O)[C@@H](N)C(C)C)C(=O)O.Cl.Cl. The molecule has 0 radical (unpaired) electrons. The lowest BCUT2D eigenvalue weighted by molar-refractivity contribution is -0.141. The molecule has 0 aromatic carbocycles. The summed E-state index contributed by atoms with van der Waals surface area (Å²) in [5, 5.41) is 10.8. The molecule has 0 fully saturated rings. The van der Waals surface area contributed by atoms with Crippen molar-refractivity contribution in [2.24, 2.45) is 11.7 Å². The molecule has 0 aliphatic heterocycles. The Hall–Kier alpha value is -0.520. The summed E-state index contributed by atoms with van der Waals surface area (Å²) >= 11 is 0. The van der Waals surface area contributed by atoms with Crippen molar-refractivity contribution < 1.29 is 14.7 Å². The molecule has 1 amide bonds. The minimum atomic E-state index is -1.07. The van der Waals surface area contributed by atoms with Gasteiger partial charge in [0.25, 0.3) is 0 Å². The number of carbonyl (C=O) groups is 2. The number of nitrogens with one attached hydrogen (secondary N) is 1. The second kappa shape index (κ2) is 8.76. The molecule has 0 aliphatic carbocycles. The molecule has 4 N–H and O–H groups in total. The fourth-order valence-corrected chi connectivity index (χ4v) is 0.674. The van der Waals surface area contributed by atoms with Crippen molar-refractivity contribution in [3.8, 4) is 0 Å². The molecule has 0 aliphatic rings. The Balaban J connectivity index is -0.000000720. The van der Waals surface area contributed by atoms with Crippen molar-refractivity contribution in [1.82, 2.24) is 5.32 Å². The van der Waals surface area contributed by atoms with Crippen LogP contribution in [-0.2, 0) is 9.59 Å². The zero-order chi connectivity index (χ0) is 10.6. The third kappa shape index (κ3) is 7.41. The normalized spacial score (nSPS) is 13.1. The molecular weight excluding hydrogens is 243 g/mol. The van der Waals surface area contributed by atoms with Crippen LogP contribution in [0.2, 0.25) is 0 Å². The monoisotopic (exact) mass is 260 g/mol. The fraction of sp³-hybridized carbons (Fsp3) is 0.750. The minimum Gasteiger partial charge on any atom is -0.480 e. The lowest BCUT2D eigenvalue weighted by Gasteiger charge is -2.17. The van der Waals surface area contributed by atoms with E-state index in [-0.39, 0.29) is 30.7 Å². The molecule has 0 spiro atoms. The summed E-state index contributed by atoms with van der Waals surface area (Å²) < 4.78 is 0. The Morgan fingerprint density at radius 3 is 1.87 bits per heavy atom. The first kappa shape index (κ1) is 20.0. The van der Waals surface area contributed by atoms with Gasteiger partial charge in [0.2, 0.25) is 5.91 Å². The fourth-order valence-electron chi connectivity index (χ4n) is 0.674. The Bertz CT molecular complexity index is 212. The number of hydrogen-bond donors (Lipinski definition) is 3. The molecule has 15 heavy (non-hydrogen) atoms. The molecule has 0 saturated heterocycles. The number of amides is 1. The smallest absolute Gasteiger partial charge is 0.325 e. The minimum absolute atomic E-state index is 0. The van der Waals surface area contributed by atoms with Gasteiger partial charge in [0.15, 0.2) is 0 Å². The summed E-state index contributed by atoms with van der Waals surface area (Å²) in [5.41, 5.74) is 5.50. The van der Waals surface area contributed by atoms with E-state index in [4.69, 9.17) is 10.8 Å². The maximum atomic E-state index is 11.2. The quantitative estimate of drug-likeness (QED) is 0.683. The number of halogens is 2. The van der Waals surface area contributed by atoms with E-state index in [1.165, 1.54) is 6.92 Å². The maximum Gasteiger partial charge on any atom is 0.325 e. The lowest BCUT2D eigenvalue weighted by atomic mass is 10.0. The first-order valence-corrected chi connectivity index (χ1v) is 4.15. The molecule has 0 saturated carbocycles. The zero-order valence-electron chi connectivity index (χ0n) is 8.89. The second-order valence-corrected chi connectivity index (χ2v) is 3.34. The number of hydrogen-bond acceptors (Lipinski definition) is 3. The van der Waals surface area contributed by atoms with Crippen LogP contribution >= 0.6 is 24.8 Å². The maximum absolute atomic E-state index is 11.2. The van der Waals surface area contributed by atoms with Crippen molar-refractivity contribution >= 4 is 36.7 Å². The van der Waals surface area contributed by atoms with Crippen LogP contribution in [0.3, 0.4) is 0 Å². The Labute approximate surface area is 102 Å². The molecule has 2 atom stereocenters. The second-order valence-electron chi connectivity index (χ2n) is 3.34. The van der Waals surface area contributed by atoms with E-state index in [2.05, 4.69) is 5.32 Å². The highest BCUT2D eigenvalue weighted by Gasteiger charge is 2.21. The Morgan fingerprint density at radius 1 is 1.20 bits per heavy atom. The zero-order valence-corrected chi connectivity index (χ0v) is 10.5. The van der Waals surface area contributed by atoms with E-state index in [1.54, 1.807) is 13.8 Å². The summed E-state index contributed by atoms with van der Waals surface area (Å²) in [6, 6.07) is -1.54. The molecule has 0 aromatic heterocycles. The number of carboxylic acid groups (broad SMARTS) is 1. The van der Waals surface area contributed by atoms with Crippen LogP contribution in [0.25, 0.3) is 0 Å². The number of rotatable bonds is 4. The summed E-state index contributed by atoms with van der Waals surface area (Å²) in [5.74, 6) is -1.49. The number of aliphatic carboxylic acids is 1. The van der Waals surface area contributed by atoms with Crippen LogP contribution in [0.5, 0.6) is 0 Å². The van der Waals surface area contributed by atoms with Gasteiger partial charge in [-0.25, -0.2) is 0 Å². The predicted octanol–water partition coefficient (Wildman–Crippen LogP) is 0.403. The molecule has 7 heteroatoms. The highest BCUT2D eigenvalue weighted by molar-refractivity contribution is 5.86. The Morgan fingerprint density at radius 2 is 1.60 bits per heavy atom. The van der Waals surface area contributed by atoms with Crippen molar-refractivity contribution in [2.75, 3.05) is 0 Å². The number of nitrogens with two attached hydrogens (primary N) is 1. The summed E-state index contributed by atoms with van der Waals surface area (Å²) in [4.78, 5) is 21.6. The molecule has 92 valence electrons. The molecule has 0 rings (SSSR count). The van der Waals surface area contributed by atoms with E-state index >= 15 is 0 Å². The largest absolute Gasteiger partial charge is 0.480 e. The molecule has 1 unspecified atom stereocenters. The Kier molecular flexibility index (Phi) is 11.7. The standard InChI is InChI=1S/C8H16N2O3.2ClH/c1-4(2)6(9)7(11)10-5(3)8(12)13;;/h4-6H,9H2,1-3H3,(H,10,11)(H,12,13);2*1H/t5?,6-;;/m0../s1. The first-order chi connectivity index (χ1) is 5.86. The van der Waals surface area contributed by atoms with Crippen LogP contribution in [0, 0.1) is 5.92 Å². The van der Waals surface area contributed by atoms with Gasteiger partial charge in [-0.05, 0) is 12.8 Å². The third-order valence-corrected chi connectivity index (χ3v) is 1.75. The average Bonchev–Trinajstić information content (AvgIpc) is 2.02. The third-order valence-electron chi connectivity index (χ3n) is 1.75. The van der Waals surface area contributed by atoms with Gasteiger partial charge in [-0.1, -0.05) is 13.8 Å². The van der Waals surface area contributed by atoms with Crippen molar-refractivity contribution in [2.45, 2.75) is 32.9 Å². The van der Waals surface area contributed by atoms with Crippen LogP contribution in [-0.4, -0.2) is 29.1 Å². The number of carboxylic acids is 1. The van der Waals surface area contributed by atoms with Gasteiger partial charge in [0, 0.05) is 0 Å². The molecule has 0 heterocycles. The molecule has 0 aromatic rings. The summed E-state index contributed by atoms with van der Waals surface area (Å²) in [7, 11) is 0. The predicted molar refractivity (Wildman–Crippen MR) is 62.5 cm³/mol. The van der Waals surface area contributed by atoms with Crippen LogP contribution in [0.1, 0.15) is 20.8 Å². The van der Waals surface area contributed by atoms with E-state index in [1.807, 2.05) is 0 Å². The van der Waals surface area contributed by atoms with E-state index in [9.17, 15) is 9.59 Å². The van der Waals surface area contributed by atoms with Gasteiger partial charge in [-0.2, -0.15) is 0 Å². The molecular formula is C8H18Cl2N2O3. The van der Waals surface area contributed by atoms with Crippen LogP contribution in [0.15, 0.2) is 0 Å². The van der Waals surface area contributed by atoms with Crippen LogP contribution < -0.4 is 11.1 Å². The average molecular weight is 261 g/mol. The number of carbonyl (C=O) groups excluding carboxylic acids is 1. The van der Waals surface area contributed by atoms with Gasteiger partial charge in [-0.3, -0.25) is 9.59 Å². The van der Waals surface area contributed by atoms with Gasteiger partial charge in [-0.15, -0.1) is 24.8 Å². The van der Waals surface area contributed by atoms with Crippen LogP contribution in [0.4, 0.5) is 0 Å². The van der Waals surface area contributed by atoms with E-state index in [0.717, 1.165) is 0 Å². The van der Waals surface area contributed by atoms with Gasteiger partial charge in [0.05, 0.1) is 6.04 Å². The summed E-state index contributed by atoms with van der Waals surface area (Å²) in [6.07, 6.45) is 0.